The first-order chi connectivity index (χ1) is 36.6. The van der Waals surface area contributed by atoms with Crippen LogP contribution in [0.1, 0.15) is 213 Å². The lowest BCUT2D eigenvalue weighted by Crippen LogP contribution is -2.61. The van der Waals surface area contributed by atoms with Gasteiger partial charge in [0.15, 0.2) is 24.6 Å². The van der Waals surface area contributed by atoms with E-state index < -0.39 is 67.3 Å². The summed E-state index contributed by atoms with van der Waals surface area (Å²) in [6.07, 6.45) is 55.2. The molecule has 12 heteroatoms. The number of carboxylic acids is 1. The molecule has 6 unspecified atom stereocenters. The van der Waals surface area contributed by atoms with E-state index in [-0.39, 0.29) is 25.9 Å². The standard InChI is InChI=1S/C63H100O12/c1-4-7-10-13-16-19-22-24-26-27-28-29-31-33-36-39-42-45-48-51-57(66)74-61-59(68)58(67)60(62(69)70)75-63(61)72-53-54(73-56(65)50-47-44-41-38-34-21-18-15-12-9-6-3)52-71-55(64)49-46-43-40-37-35-32-30-25-23-20-17-14-11-8-5-2/h8,11,15-20,24-26,28-30,35,37,43,46,54,58-61,63,67-68H,4-7,9-10,12-14,21-23,27,31-34,36,38-42,44-45,47-53H2,1-3H3,(H,69,70)/b11-8-,18-15-,19-16-,20-17-,26-24-,29-28-,30-25-,37-35-,46-43-. The summed E-state index contributed by atoms with van der Waals surface area (Å²) in [5, 5.41) is 31.4. The number of rotatable bonds is 47. The van der Waals surface area contributed by atoms with Crippen molar-refractivity contribution in [1.29, 1.82) is 0 Å². The summed E-state index contributed by atoms with van der Waals surface area (Å²) in [5.74, 6) is -3.33. The van der Waals surface area contributed by atoms with Crippen LogP contribution in [0, 0.1) is 0 Å². The van der Waals surface area contributed by atoms with E-state index in [9.17, 15) is 34.5 Å². The quantitative estimate of drug-likeness (QED) is 0.0228. The van der Waals surface area contributed by atoms with Gasteiger partial charge in [0.2, 0.25) is 0 Å². The van der Waals surface area contributed by atoms with E-state index in [1.807, 2.05) is 12.2 Å². The molecule has 0 aromatic heterocycles. The van der Waals surface area contributed by atoms with Crippen molar-refractivity contribution < 1.29 is 58.2 Å². The van der Waals surface area contributed by atoms with Crippen LogP contribution in [0.5, 0.6) is 0 Å². The summed E-state index contributed by atoms with van der Waals surface area (Å²) in [5.41, 5.74) is 0. The van der Waals surface area contributed by atoms with Crippen molar-refractivity contribution in [2.75, 3.05) is 13.2 Å². The van der Waals surface area contributed by atoms with Gasteiger partial charge in [0.05, 0.1) is 13.0 Å². The number of allylic oxidation sites excluding steroid dienone is 17. The summed E-state index contributed by atoms with van der Waals surface area (Å²) in [6.45, 7) is 5.69. The van der Waals surface area contributed by atoms with Gasteiger partial charge in [-0.2, -0.15) is 0 Å². The zero-order valence-corrected chi connectivity index (χ0v) is 46.5. The molecule has 1 saturated heterocycles. The Morgan fingerprint density at radius 2 is 0.893 bits per heavy atom. The predicted molar refractivity (Wildman–Crippen MR) is 303 cm³/mol. The van der Waals surface area contributed by atoms with Crippen LogP contribution in [0.4, 0.5) is 0 Å². The van der Waals surface area contributed by atoms with E-state index >= 15 is 0 Å². The highest BCUT2D eigenvalue weighted by atomic mass is 16.7. The Bertz CT molecular complexity index is 1720. The van der Waals surface area contributed by atoms with Crippen LogP contribution in [-0.2, 0) is 42.9 Å². The molecule has 12 nitrogen and oxygen atoms in total. The zero-order chi connectivity index (χ0) is 54.7. The van der Waals surface area contributed by atoms with E-state index in [1.165, 1.54) is 32.1 Å². The zero-order valence-electron chi connectivity index (χ0n) is 46.5. The molecule has 0 radical (unpaired) electrons. The highest BCUT2D eigenvalue weighted by Crippen LogP contribution is 2.26. The lowest BCUT2D eigenvalue weighted by Gasteiger charge is -2.40. The molecule has 0 aromatic rings. The molecule has 0 bridgehead atoms. The van der Waals surface area contributed by atoms with Crippen LogP contribution in [0.15, 0.2) is 109 Å². The first kappa shape index (κ1) is 68.4. The molecule has 0 amide bonds. The Balaban J connectivity index is 2.73. The van der Waals surface area contributed by atoms with Crippen molar-refractivity contribution in [2.24, 2.45) is 0 Å². The fourth-order valence-corrected chi connectivity index (χ4v) is 7.90. The number of esters is 3. The molecule has 0 saturated carbocycles. The molecule has 1 aliphatic heterocycles. The highest BCUT2D eigenvalue weighted by molar-refractivity contribution is 5.74. The largest absolute Gasteiger partial charge is 0.479 e. The number of hydrogen-bond donors (Lipinski definition) is 3. The van der Waals surface area contributed by atoms with Crippen molar-refractivity contribution in [3.05, 3.63) is 109 Å². The lowest BCUT2D eigenvalue weighted by molar-refractivity contribution is -0.301. The predicted octanol–water partition coefficient (Wildman–Crippen LogP) is 14.7. The van der Waals surface area contributed by atoms with Gasteiger partial charge < -0.3 is 39.0 Å². The van der Waals surface area contributed by atoms with Crippen molar-refractivity contribution in [3.8, 4) is 0 Å². The Kier molecular flexibility index (Phi) is 45.8. The summed E-state index contributed by atoms with van der Waals surface area (Å²) in [7, 11) is 0. The van der Waals surface area contributed by atoms with Crippen LogP contribution in [0.2, 0.25) is 0 Å². The summed E-state index contributed by atoms with van der Waals surface area (Å²) >= 11 is 0. The third-order valence-electron chi connectivity index (χ3n) is 12.3. The molecular weight excluding hydrogens is 949 g/mol. The van der Waals surface area contributed by atoms with Gasteiger partial charge in [0.25, 0.3) is 0 Å². The number of carbonyl (C=O) groups excluding carboxylic acids is 3. The van der Waals surface area contributed by atoms with Gasteiger partial charge in [-0.3, -0.25) is 14.4 Å². The number of hydrogen-bond acceptors (Lipinski definition) is 11. The van der Waals surface area contributed by atoms with Crippen molar-refractivity contribution in [3.63, 3.8) is 0 Å². The Morgan fingerprint density at radius 1 is 0.467 bits per heavy atom. The molecule has 75 heavy (non-hydrogen) atoms. The second-order valence-electron chi connectivity index (χ2n) is 19.2. The van der Waals surface area contributed by atoms with E-state index in [4.69, 9.17) is 23.7 Å². The minimum atomic E-state index is -1.92. The third-order valence-corrected chi connectivity index (χ3v) is 12.3. The number of aliphatic carboxylic acids is 1. The van der Waals surface area contributed by atoms with Gasteiger partial charge in [-0.1, -0.05) is 201 Å². The maximum absolute atomic E-state index is 13.1. The van der Waals surface area contributed by atoms with Gasteiger partial charge in [0.1, 0.15) is 18.8 Å². The smallest absolute Gasteiger partial charge is 0.335 e. The second-order valence-corrected chi connectivity index (χ2v) is 19.2. The van der Waals surface area contributed by atoms with Gasteiger partial charge in [0, 0.05) is 12.8 Å². The molecule has 1 aliphatic rings. The number of aliphatic hydroxyl groups excluding tert-OH is 2. The van der Waals surface area contributed by atoms with Gasteiger partial charge in [-0.25, -0.2) is 4.79 Å². The van der Waals surface area contributed by atoms with Crippen molar-refractivity contribution in [1.82, 2.24) is 0 Å². The SMILES string of the molecule is CC/C=C\C/C=C\C/C=C\C/C=C\C/C=C\CC(=O)OCC(COC1OC(C(=O)O)C(O)C(O)C1OC(=O)CCCCCCCC/C=C\C/C=C\C/C=C\CCCCC)OC(=O)CCCCCCC/C=C\CCCC. The van der Waals surface area contributed by atoms with Crippen molar-refractivity contribution in [2.45, 2.75) is 250 Å². The Hall–Kier alpha value is -4.62. The number of ether oxygens (including phenoxy) is 5. The van der Waals surface area contributed by atoms with E-state index in [1.54, 1.807) is 6.08 Å². The average Bonchev–Trinajstić information content (AvgIpc) is 3.39. The van der Waals surface area contributed by atoms with Gasteiger partial charge in [-0.05, 0) is 103 Å². The molecule has 3 N–H and O–H groups in total. The molecule has 1 rings (SSSR count). The minimum Gasteiger partial charge on any atom is -0.479 e. The normalized spacial score (nSPS) is 19.0. The number of carboxylic acid groups (broad SMARTS) is 1. The van der Waals surface area contributed by atoms with E-state index in [2.05, 4.69) is 112 Å². The maximum Gasteiger partial charge on any atom is 0.335 e. The monoisotopic (exact) mass is 1050 g/mol. The lowest BCUT2D eigenvalue weighted by atomic mass is 9.98. The molecule has 424 valence electrons. The van der Waals surface area contributed by atoms with E-state index in [0.29, 0.717) is 19.3 Å². The first-order valence-corrected chi connectivity index (χ1v) is 28.9. The van der Waals surface area contributed by atoms with Crippen molar-refractivity contribution >= 4 is 23.9 Å². The molecule has 1 heterocycles. The Labute approximate surface area is 453 Å². The summed E-state index contributed by atoms with van der Waals surface area (Å²) in [4.78, 5) is 51.0. The molecule has 6 atom stereocenters. The average molecular weight is 1050 g/mol. The summed E-state index contributed by atoms with van der Waals surface area (Å²) in [6, 6.07) is 0. The number of unbranched alkanes of at least 4 members (excludes halogenated alkanes) is 16. The molecule has 1 fully saturated rings. The van der Waals surface area contributed by atoms with Gasteiger partial charge in [-0.15, -0.1) is 0 Å². The first-order valence-electron chi connectivity index (χ1n) is 28.9. The van der Waals surface area contributed by atoms with E-state index in [0.717, 1.165) is 122 Å². The molecule has 0 spiro atoms. The Morgan fingerprint density at radius 3 is 1.40 bits per heavy atom. The van der Waals surface area contributed by atoms with Crippen LogP contribution in [-0.4, -0.2) is 89.2 Å². The molecular formula is C63H100O12. The van der Waals surface area contributed by atoms with Crippen LogP contribution >= 0.6 is 0 Å². The maximum atomic E-state index is 13.1. The van der Waals surface area contributed by atoms with Crippen LogP contribution in [0.3, 0.4) is 0 Å². The van der Waals surface area contributed by atoms with Crippen LogP contribution in [0.25, 0.3) is 0 Å². The van der Waals surface area contributed by atoms with Crippen LogP contribution < -0.4 is 0 Å². The minimum absolute atomic E-state index is 0.0223. The third kappa shape index (κ3) is 40.3. The highest BCUT2D eigenvalue weighted by Gasteiger charge is 2.50. The fraction of sp³-hybridized carbons (Fsp3) is 0.651. The molecule has 0 aliphatic carbocycles. The molecule has 0 aromatic carbocycles. The second kappa shape index (κ2) is 50.2. The fourth-order valence-electron chi connectivity index (χ4n) is 7.90. The number of aliphatic hydroxyl groups is 2. The van der Waals surface area contributed by atoms with Gasteiger partial charge >= 0.3 is 23.9 Å². The topological polar surface area (TPSA) is 175 Å². The summed E-state index contributed by atoms with van der Waals surface area (Å²) < 4.78 is 28.2. The number of carbonyl (C=O) groups is 4.